The van der Waals surface area contributed by atoms with Gasteiger partial charge >= 0.3 is 5.82 Å². The molecule has 2 aromatic heterocycles. The normalized spacial score (nSPS) is 16.8. The van der Waals surface area contributed by atoms with Gasteiger partial charge in [-0.25, -0.2) is 4.98 Å². The van der Waals surface area contributed by atoms with Crippen LogP contribution in [0.25, 0.3) is 5.65 Å². The maximum atomic E-state index is 11.1. The van der Waals surface area contributed by atoms with Gasteiger partial charge in [0.05, 0.1) is 12.8 Å². The highest BCUT2D eigenvalue weighted by atomic mass is 16.6. The second kappa shape index (κ2) is 6.51. The summed E-state index contributed by atoms with van der Waals surface area (Å²) in [6.07, 6.45) is 2.15. The lowest BCUT2D eigenvalue weighted by molar-refractivity contribution is -0.391. The molecule has 1 atom stereocenters. The Balaban J connectivity index is 1.51. The van der Waals surface area contributed by atoms with Crippen LogP contribution in [0.5, 0.6) is 5.75 Å². The number of anilines is 2. The molecule has 26 heavy (non-hydrogen) atoms. The fourth-order valence-electron chi connectivity index (χ4n) is 3.26. The lowest BCUT2D eigenvalue weighted by atomic mass is 10.2. The van der Waals surface area contributed by atoms with Crippen LogP contribution in [-0.2, 0) is 0 Å². The van der Waals surface area contributed by atoms with E-state index in [4.69, 9.17) is 4.74 Å². The maximum absolute atomic E-state index is 11.1. The van der Waals surface area contributed by atoms with Crippen LogP contribution in [0.2, 0.25) is 0 Å². The number of benzene rings is 1. The molecule has 0 aliphatic carbocycles. The Labute approximate surface area is 149 Å². The zero-order valence-corrected chi connectivity index (χ0v) is 14.2. The van der Waals surface area contributed by atoms with Gasteiger partial charge in [-0.2, -0.15) is 0 Å². The van der Waals surface area contributed by atoms with Crippen LogP contribution in [0.4, 0.5) is 17.3 Å². The average Bonchev–Trinajstić information content (AvgIpc) is 3.28. The molecule has 134 valence electrons. The number of nitrogens with zero attached hydrogens (tertiary/aromatic N) is 5. The topological polar surface area (TPSA) is 97.8 Å². The number of imidazole rings is 1. The van der Waals surface area contributed by atoms with Crippen molar-refractivity contribution in [2.45, 2.75) is 12.5 Å². The number of fused-ring (bicyclic) bond motifs is 1. The standard InChI is InChI=1S/C17H18N6O3/c1-26-14-5-3-2-4-13(14)21-9-8-12(11-21)19-15-6-7-16-18-10-17(23(24)25)22(16)20-15/h2-7,10,12H,8-9,11H2,1H3,(H,19,20). The summed E-state index contributed by atoms with van der Waals surface area (Å²) in [5, 5.41) is 18.7. The largest absolute Gasteiger partial charge is 0.495 e. The minimum Gasteiger partial charge on any atom is -0.495 e. The lowest BCUT2D eigenvalue weighted by Gasteiger charge is -2.21. The first-order valence-electron chi connectivity index (χ1n) is 8.29. The number of rotatable bonds is 5. The molecule has 0 spiro atoms. The highest BCUT2D eigenvalue weighted by Crippen LogP contribution is 2.31. The molecule has 1 aliphatic rings. The quantitative estimate of drug-likeness (QED) is 0.555. The predicted octanol–water partition coefficient (Wildman–Crippen LogP) is 2.34. The summed E-state index contributed by atoms with van der Waals surface area (Å²) in [5.74, 6) is 1.29. The summed E-state index contributed by atoms with van der Waals surface area (Å²) < 4.78 is 6.68. The number of para-hydroxylation sites is 2. The Morgan fingerprint density at radius 2 is 2.15 bits per heavy atom. The third-order valence-electron chi connectivity index (χ3n) is 4.50. The predicted molar refractivity (Wildman–Crippen MR) is 96.9 cm³/mol. The van der Waals surface area contributed by atoms with Gasteiger partial charge in [0, 0.05) is 25.2 Å². The molecule has 0 amide bonds. The molecule has 1 aliphatic heterocycles. The van der Waals surface area contributed by atoms with Gasteiger partial charge in [-0.15, -0.1) is 0 Å². The molecule has 4 rings (SSSR count). The molecule has 1 N–H and O–H groups in total. The van der Waals surface area contributed by atoms with Crippen molar-refractivity contribution in [3.8, 4) is 5.75 Å². The second-order valence-corrected chi connectivity index (χ2v) is 6.11. The zero-order valence-electron chi connectivity index (χ0n) is 14.2. The van der Waals surface area contributed by atoms with E-state index in [1.54, 1.807) is 19.2 Å². The van der Waals surface area contributed by atoms with E-state index in [-0.39, 0.29) is 11.9 Å². The van der Waals surface area contributed by atoms with Crippen molar-refractivity contribution in [3.05, 3.63) is 52.7 Å². The number of ether oxygens (including phenoxy) is 1. The molecule has 9 nitrogen and oxygen atoms in total. The zero-order chi connectivity index (χ0) is 18.1. The Morgan fingerprint density at radius 3 is 2.96 bits per heavy atom. The molecule has 3 aromatic rings. The first-order chi connectivity index (χ1) is 12.7. The Morgan fingerprint density at radius 1 is 1.31 bits per heavy atom. The highest BCUT2D eigenvalue weighted by Gasteiger charge is 2.25. The second-order valence-electron chi connectivity index (χ2n) is 6.11. The molecule has 0 radical (unpaired) electrons. The van der Waals surface area contributed by atoms with E-state index >= 15 is 0 Å². The number of nitrogens with one attached hydrogen (secondary N) is 1. The molecule has 1 unspecified atom stereocenters. The van der Waals surface area contributed by atoms with Crippen molar-refractivity contribution in [1.82, 2.24) is 14.6 Å². The van der Waals surface area contributed by atoms with Gasteiger partial charge in [-0.05, 0) is 29.5 Å². The van der Waals surface area contributed by atoms with E-state index in [2.05, 4.69) is 20.3 Å². The van der Waals surface area contributed by atoms with E-state index < -0.39 is 4.92 Å². The van der Waals surface area contributed by atoms with Crippen molar-refractivity contribution in [3.63, 3.8) is 0 Å². The third kappa shape index (κ3) is 2.87. The fourth-order valence-corrected chi connectivity index (χ4v) is 3.26. The van der Waals surface area contributed by atoms with E-state index in [0.717, 1.165) is 30.9 Å². The minimum atomic E-state index is -0.490. The summed E-state index contributed by atoms with van der Waals surface area (Å²) in [5.41, 5.74) is 1.51. The van der Waals surface area contributed by atoms with Gasteiger partial charge in [0.25, 0.3) is 0 Å². The van der Waals surface area contributed by atoms with Crippen molar-refractivity contribution >= 4 is 23.0 Å². The SMILES string of the molecule is COc1ccccc1N1CCC(Nc2ccc3ncc([N+](=O)[O-])n3n2)C1. The maximum Gasteiger partial charge on any atom is 0.368 e. The first kappa shape index (κ1) is 16.1. The minimum absolute atomic E-state index is 0.147. The van der Waals surface area contributed by atoms with E-state index in [9.17, 15) is 10.1 Å². The summed E-state index contributed by atoms with van der Waals surface area (Å²) in [6, 6.07) is 11.6. The molecule has 9 heteroatoms. The van der Waals surface area contributed by atoms with Crippen LogP contribution >= 0.6 is 0 Å². The molecule has 0 saturated carbocycles. The Hall–Kier alpha value is -3.36. The van der Waals surface area contributed by atoms with Crippen LogP contribution in [0.3, 0.4) is 0 Å². The molecule has 0 bridgehead atoms. The molecule has 1 saturated heterocycles. The van der Waals surface area contributed by atoms with E-state index in [1.807, 2.05) is 24.3 Å². The van der Waals surface area contributed by atoms with Gasteiger partial charge in [-0.3, -0.25) is 0 Å². The number of nitro groups is 1. The van der Waals surface area contributed by atoms with Crippen molar-refractivity contribution < 1.29 is 9.66 Å². The van der Waals surface area contributed by atoms with Crippen LogP contribution in [0, 0.1) is 10.1 Å². The molecular formula is C17H18N6O3. The molecule has 3 heterocycles. The summed E-state index contributed by atoms with van der Waals surface area (Å²) in [7, 11) is 1.67. The smallest absolute Gasteiger partial charge is 0.368 e. The van der Waals surface area contributed by atoms with Crippen molar-refractivity contribution in [1.29, 1.82) is 0 Å². The summed E-state index contributed by atoms with van der Waals surface area (Å²) in [4.78, 5) is 16.8. The first-order valence-corrected chi connectivity index (χ1v) is 8.29. The lowest BCUT2D eigenvalue weighted by Crippen LogP contribution is -2.26. The van der Waals surface area contributed by atoms with Crippen LogP contribution in [-0.4, -0.2) is 45.8 Å². The molecule has 1 aromatic carbocycles. The van der Waals surface area contributed by atoms with Gasteiger partial charge in [0.1, 0.15) is 11.9 Å². The van der Waals surface area contributed by atoms with Crippen LogP contribution in [0.1, 0.15) is 6.42 Å². The third-order valence-corrected chi connectivity index (χ3v) is 4.50. The van der Waals surface area contributed by atoms with Crippen LogP contribution in [0.15, 0.2) is 42.6 Å². The number of hydrogen-bond acceptors (Lipinski definition) is 7. The average molecular weight is 354 g/mol. The van der Waals surface area contributed by atoms with Gasteiger partial charge in [0.15, 0.2) is 5.82 Å². The summed E-state index contributed by atoms with van der Waals surface area (Å²) >= 11 is 0. The summed E-state index contributed by atoms with van der Waals surface area (Å²) in [6.45, 7) is 1.69. The number of hydrogen-bond donors (Lipinski definition) is 1. The number of methoxy groups -OCH3 is 1. The fraction of sp³-hybridized carbons (Fsp3) is 0.294. The number of aromatic nitrogens is 3. The van der Waals surface area contributed by atoms with E-state index in [1.165, 1.54) is 10.7 Å². The highest BCUT2D eigenvalue weighted by molar-refractivity contribution is 5.59. The van der Waals surface area contributed by atoms with E-state index in [0.29, 0.717) is 11.5 Å². The van der Waals surface area contributed by atoms with Crippen molar-refractivity contribution in [2.24, 2.45) is 0 Å². The van der Waals surface area contributed by atoms with Crippen molar-refractivity contribution in [2.75, 3.05) is 30.4 Å². The monoisotopic (exact) mass is 354 g/mol. The van der Waals surface area contributed by atoms with Gasteiger partial charge < -0.3 is 25.1 Å². The molecule has 1 fully saturated rings. The van der Waals surface area contributed by atoms with Gasteiger partial charge in [-0.1, -0.05) is 21.7 Å². The van der Waals surface area contributed by atoms with Gasteiger partial charge in [0.2, 0.25) is 5.65 Å². The van der Waals surface area contributed by atoms with Crippen LogP contribution < -0.4 is 15.0 Å². The molecular weight excluding hydrogens is 336 g/mol. The Bertz CT molecular complexity index is 957. The Kier molecular flexibility index (Phi) is 4.04.